The molecule has 0 spiro atoms. The van der Waals surface area contributed by atoms with Crippen molar-refractivity contribution < 1.29 is 23.8 Å². The van der Waals surface area contributed by atoms with Crippen LogP contribution in [0.2, 0.25) is 0 Å². The fourth-order valence-corrected chi connectivity index (χ4v) is 5.31. The van der Waals surface area contributed by atoms with E-state index < -0.39 is 23.4 Å². The maximum Gasteiger partial charge on any atom is 0.332 e. The van der Waals surface area contributed by atoms with Crippen LogP contribution in [0.3, 0.4) is 0 Å². The van der Waals surface area contributed by atoms with Crippen LogP contribution in [0, 0.1) is 11.3 Å². The number of benzene rings is 2. The van der Waals surface area contributed by atoms with Gasteiger partial charge in [-0.2, -0.15) is 5.26 Å². The van der Waals surface area contributed by atoms with Crippen molar-refractivity contribution in [2.45, 2.75) is 12.5 Å². The minimum absolute atomic E-state index is 0.00259. The van der Waals surface area contributed by atoms with Gasteiger partial charge in [0.2, 0.25) is 0 Å². The fraction of sp³-hybridized carbons (Fsp3) is 0.185. The molecule has 1 aliphatic rings. The number of nitrogens with zero attached hydrogens (tertiary/aromatic N) is 2. The van der Waals surface area contributed by atoms with E-state index in [0.717, 1.165) is 27.5 Å². The summed E-state index contributed by atoms with van der Waals surface area (Å²) < 4.78 is 16.8. The van der Waals surface area contributed by atoms with Gasteiger partial charge in [0.05, 0.1) is 44.5 Å². The van der Waals surface area contributed by atoms with Crippen LogP contribution < -0.4 is 35.3 Å². The van der Waals surface area contributed by atoms with Crippen LogP contribution in [0.5, 0.6) is 11.5 Å². The van der Waals surface area contributed by atoms with Gasteiger partial charge in [-0.05, 0) is 11.6 Å². The van der Waals surface area contributed by atoms with Gasteiger partial charge in [-0.3, -0.25) is 14.2 Å². The number of aromatic nitrogens is 1. The Balaban J connectivity index is 2.02. The van der Waals surface area contributed by atoms with Gasteiger partial charge in [0.1, 0.15) is 26.5 Å². The molecule has 0 bridgehead atoms. The van der Waals surface area contributed by atoms with E-state index in [4.69, 9.17) is 15.2 Å². The van der Waals surface area contributed by atoms with Crippen molar-refractivity contribution in [1.29, 1.82) is 5.26 Å². The first-order valence-corrected chi connectivity index (χ1v) is 12.2. The number of nitrogens with two attached hydrogens (primary N) is 1. The Hall–Kier alpha value is -4.82. The lowest BCUT2D eigenvalue weighted by Gasteiger charge is -2.26. The molecule has 4 rings (SSSR count). The van der Waals surface area contributed by atoms with Crippen LogP contribution in [0.4, 0.5) is 0 Å². The summed E-state index contributed by atoms with van der Waals surface area (Å²) in [6, 6.07) is 16.4. The number of fused-ring (bicyclic) bond motifs is 1. The number of carbonyl (C=O) groups is 2. The second-order valence-corrected chi connectivity index (χ2v) is 9.14. The molecule has 3 N–H and O–H groups in total. The highest BCUT2D eigenvalue weighted by Crippen LogP contribution is 2.41. The molecule has 1 aliphatic heterocycles. The first kappa shape index (κ1) is 26.2. The van der Waals surface area contributed by atoms with Crippen molar-refractivity contribution in [3.8, 4) is 17.6 Å². The van der Waals surface area contributed by atoms with Crippen molar-refractivity contribution in [2.75, 3.05) is 21.3 Å². The predicted molar refractivity (Wildman–Crippen MR) is 141 cm³/mol. The van der Waals surface area contributed by atoms with Gasteiger partial charge in [0.25, 0.3) is 11.5 Å². The van der Waals surface area contributed by atoms with Gasteiger partial charge in [0, 0.05) is 24.3 Å². The number of carbonyl (C=O) groups excluding carboxylic acids is 2. The topological polar surface area (TPSA) is 146 Å². The van der Waals surface area contributed by atoms with Gasteiger partial charge in [-0.25, -0.2) is 4.79 Å². The third-order valence-corrected chi connectivity index (χ3v) is 7.12. The van der Waals surface area contributed by atoms with Crippen molar-refractivity contribution >= 4 is 40.7 Å². The third kappa shape index (κ3) is 4.77. The standard InChI is InChI=1S/C27H24N4O6S/c1-35-16-9-10-17(19(11-16)36-2)22-18(13-28)24(29)31-26(34)20(12-21(32)37-3)38-27(31)23(22)25(33)30-14-15-7-5-4-6-8-15/h4-12,22H,14,29H2,1-3H3,(H,30,33)/b20-12-/t22-/m0/s1. The summed E-state index contributed by atoms with van der Waals surface area (Å²) in [5.41, 5.74) is 7.15. The van der Waals surface area contributed by atoms with Crippen LogP contribution in [0.25, 0.3) is 17.5 Å². The lowest BCUT2D eigenvalue weighted by molar-refractivity contribution is -0.133. The van der Waals surface area contributed by atoms with Crippen molar-refractivity contribution in [3.63, 3.8) is 0 Å². The Morgan fingerprint density at radius 1 is 1.16 bits per heavy atom. The Kier molecular flexibility index (Phi) is 7.64. The molecule has 10 nitrogen and oxygen atoms in total. The van der Waals surface area contributed by atoms with Crippen molar-refractivity contribution in [2.24, 2.45) is 5.73 Å². The lowest BCUT2D eigenvalue weighted by Crippen LogP contribution is -2.42. The Morgan fingerprint density at radius 3 is 2.53 bits per heavy atom. The Morgan fingerprint density at radius 2 is 1.89 bits per heavy atom. The van der Waals surface area contributed by atoms with Gasteiger partial charge in [-0.1, -0.05) is 36.4 Å². The third-order valence-electron chi connectivity index (χ3n) is 6.01. The number of nitriles is 1. The molecule has 3 aromatic rings. The molecule has 0 saturated carbocycles. The molecule has 0 aliphatic carbocycles. The van der Waals surface area contributed by atoms with Gasteiger partial charge in [-0.15, -0.1) is 11.3 Å². The fourth-order valence-electron chi connectivity index (χ4n) is 4.17. The van der Waals surface area contributed by atoms with Crippen molar-refractivity contribution in [1.82, 2.24) is 9.88 Å². The van der Waals surface area contributed by atoms with Crippen LogP contribution >= 0.6 is 11.3 Å². The molecular formula is C27H24N4O6S. The number of thiazole rings is 1. The summed E-state index contributed by atoms with van der Waals surface area (Å²) >= 11 is 0.907. The molecule has 1 atom stereocenters. The monoisotopic (exact) mass is 532 g/mol. The molecule has 1 amide bonds. The number of amides is 1. The molecule has 0 fully saturated rings. The minimum Gasteiger partial charge on any atom is -0.497 e. The summed E-state index contributed by atoms with van der Waals surface area (Å²) in [4.78, 5) is 39.0. The van der Waals surface area contributed by atoms with E-state index in [0.29, 0.717) is 17.1 Å². The first-order valence-electron chi connectivity index (χ1n) is 11.3. The first-order chi connectivity index (χ1) is 18.3. The zero-order valence-corrected chi connectivity index (χ0v) is 21.6. The Bertz CT molecular complexity index is 1660. The SMILES string of the molecule is COC(=O)/C=c1\sc2n(c1=O)C(N)=C(C#N)[C@H](c1ccc(OC)cc1OC)C=2C(=O)NCc1ccccc1. The molecule has 38 heavy (non-hydrogen) atoms. The number of ether oxygens (including phenoxy) is 3. The highest BCUT2D eigenvalue weighted by molar-refractivity contribution is 7.07. The van der Waals surface area contributed by atoms with E-state index in [9.17, 15) is 19.6 Å². The van der Waals surface area contributed by atoms with Gasteiger partial charge >= 0.3 is 5.97 Å². The minimum atomic E-state index is -0.972. The molecular weight excluding hydrogens is 508 g/mol. The average molecular weight is 533 g/mol. The largest absolute Gasteiger partial charge is 0.497 e. The second kappa shape index (κ2) is 11.1. The summed E-state index contributed by atoms with van der Waals surface area (Å²) in [5, 5.41) is 13.1. The van der Waals surface area contributed by atoms with E-state index >= 15 is 0 Å². The Labute approximate surface area is 221 Å². The molecule has 2 aromatic carbocycles. The number of hydrogen-bond donors (Lipinski definition) is 2. The quantitative estimate of drug-likeness (QED) is 0.425. The number of hydrogen-bond acceptors (Lipinski definition) is 9. The number of esters is 1. The van der Waals surface area contributed by atoms with Crippen LogP contribution in [0.15, 0.2) is 58.9 Å². The number of methoxy groups -OCH3 is 3. The summed E-state index contributed by atoms with van der Waals surface area (Å²) in [6.45, 7) is 0.202. The molecule has 1 aromatic heterocycles. The maximum absolute atomic E-state index is 13.8. The molecule has 2 heterocycles. The smallest absolute Gasteiger partial charge is 0.332 e. The van der Waals surface area contributed by atoms with Crippen LogP contribution in [-0.2, 0) is 20.9 Å². The zero-order chi connectivity index (χ0) is 27.4. The highest BCUT2D eigenvalue weighted by Gasteiger charge is 2.37. The number of nitrogens with one attached hydrogen (secondary N) is 1. The van der Waals surface area contributed by atoms with E-state index in [1.807, 2.05) is 30.3 Å². The molecule has 11 heteroatoms. The van der Waals surface area contributed by atoms with E-state index in [-0.39, 0.29) is 32.7 Å². The van der Waals surface area contributed by atoms with Gasteiger partial charge in [0.15, 0.2) is 0 Å². The van der Waals surface area contributed by atoms with Crippen molar-refractivity contribution in [3.05, 3.63) is 84.8 Å². The number of allylic oxidation sites excluding steroid dienone is 1. The highest BCUT2D eigenvalue weighted by atomic mass is 32.1. The normalized spacial score (nSPS) is 14.9. The van der Waals surface area contributed by atoms with Gasteiger partial charge < -0.3 is 25.3 Å². The second-order valence-electron chi connectivity index (χ2n) is 8.11. The zero-order valence-electron chi connectivity index (χ0n) is 20.8. The van der Waals surface area contributed by atoms with Crippen LogP contribution in [0.1, 0.15) is 17.0 Å². The van der Waals surface area contributed by atoms with Crippen LogP contribution in [-0.4, -0.2) is 37.8 Å². The van der Waals surface area contributed by atoms with E-state index in [2.05, 4.69) is 16.1 Å². The number of rotatable bonds is 7. The molecule has 0 unspecified atom stereocenters. The predicted octanol–water partition coefficient (Wildman–Crippen LogP) is 0.796. The lowest BCUT2D eigenvalue weighted by atomic mass is 9.82. The summed E-state index contributed by atoms with van der Waals surface area (Å²) in [5.74, 6) is -1.51. The molecule has 0 saturated heterocycles. The summed E-state index contributed by atoms with van der Waals surface area (Å²) in [7, 11) is 4.15. The van der Waals surface area contributed by atoms with E-state index in [1.54, 1.807) is 18.2 Å². The summed E-state index contributed by atoms with van der Waals surface area (Å²) in [6.07, 6.45) is 1.03. The molecule has 0 radical (unpaired) electrons. The molecule has 194 valence electrons. The average Bonchev–Trinajstić information content (AvgIpc) is 3.26. The van der Waals surface area contributed by atoms with E-state index in [1.165, 1.54) is 21.3 Å². The maximum atomic E-state index is 13.8.